The van der Waals surface area contributed by atoms with Crippen molar-refractivity contribution in [3.63, 3.8) is 0 Å². The second kappa shape index (κ2) is 6.07. The molecule has 3 heterocycles. The maximum absolute atomic E-state index is 5.60. The van der Waals surface area contributed by atoms with Crippen molar-refractivity contribution < 1.29 is 24.6 Å². The van der Waals surface area contributed by atoms with E-state index in [4.69, 9.17) is 9.47 Å². The average molecular weight is 306 g/mol. The maximum Gasteiger partial charge on any atom is 0.231 e. The average Bonchev–Trinajstić information content (AvgIpc) is 3.00. The number of fused-ring (bicyclic) bond motifs is 2. The number of quaternary nitrogens is 3. The molecule has 0 unspecified atom stereocenters. The molecule has 1 saturated heterocycles. The largest absolute Gasteiger partial charge is 0.454 e. The molecular formula is C17H28N3O2+3. The van der Waals surface area contributed by atoms with Gasteiger partial charge in [0.2, 0.25) is 6.79 Å². The highest BCUT2D eigenvalue weighted by Crippen LogP contribution is 2.36. The Morgan fingerprint density at radius 1 is 1.14 bits per heavy atom. The van der Waals surface area contributed by atoms with Gasteiger partial charge in [0.15, 0.2) is 17.5 Å². The first-order chi connectivity index (χ1) is 10.8. The smallest absolute Gasteiger partial charge is 0.231 e. The predicted octanol–water partition coefficient (Wildman–Crippen LogP) is -2.27. The summed E-state index contributed by atoms with van der Waals surface area (Å²) in [5.41, 5.74) is 2.94. The van der Waals surface area contributed by atoms with Gasteiger partial charge in [0.25, 0.3) is 0 Å². The Morgan fingerprint density at radius 2 is 1.91 bits per heavy atom. The van der Waals surface area contributed by atoms with Gasteiger partial charge in [-0.15, -0.1) is 0 Å². The van der Waals surface area contributed by atoms with Crippen LogP contribution in [0.1, 0.15) is 30.5 Å². The van der Waals surface area contributed by atoms with Gasteiger partial charge in [0.05, 0.1) is 6.54 Å². The minimum absolute atomic E-state index is 0.374. The number of nitrogens with one attached hydrogen (secondary N) is 2. The van der Waals surface area contributed by atoms with E-state index >= 15 is 0 Å². The number of benzene rings is 1. The molecule has 0 spiro atoms. The molecule has 0 saturated carbocycles. The van der Waals surface area contributed by atoms with Crippen LogP contribution in [0, 0.1) is 0 Å². The zero-order chi connectivity index (χ0) is 14.9. The Kier molecular flexibility index (Phi) is 3.94. The number of hydrogen-bond donors (Lipinski definition) is 3. The van der Waals surface area contributed by atoms with E-state index in [-0.39, 0.29) is 0 Å². The molecule has 0 aromatic heterocycles. The third-order valence-electron chi connectivity index (χ3n) is 5.47. The molecule has 1 aromatic carbocycles. The van der Waals surface area contributed by atoms with Gasteiger partial charge in [-0.2, -0.15) is 0 Å². The lowest BCUT2D eigenvalue weighted by molar-refractivity contribution is -1.03. The second-order valence-corrected chi connectivity index (χ2v) is 6.84. The van der Waals surface area contributed by atoms with Gasteiger partial charge in [-0.1, -0.05) is 6.92 Å². The van der Waals surface area contributed by atoms with Crippen LogP contribution in [0.25, 0.3) is 0 Å². The Balaban J connectivity index is 1.53. The van der Waals surface area contributed by atoms with Crippen molar-refractivity contribution in [3.8, 4) is 11.5 Å². The Hall–Kier alpha value is -1.30. The fourth-order valence-corrected chi connectivity index (χ4v) is 4.30. The molecule has 4 rings (SSSR count). The normalized spacial score (nSPS) is 30.1. The van der Waals surface area contributed by atoms with Crippen LogP contribution in [0.4, 0.5) is 0 Å². The van der Waals surface area contributed by atoms with Gasteiger partial charge in [-0.25, -0.2) is 0 Å². The van der Waals surface area contributed by atoms with Gasteiger partial charge in [-0.05, 0) is 18.6 Å². The predicted molar refractivity (Wildman–Crippen MR) is 82.4 cm³/mol. The van der Waals surface area contributed by atoms with Gasteiger partial charge < -0.3 is 24.6 Å². The molecule has 4 N–H and O–H groups in total. The van der Waals surface area contributed by atoms with E-state index in [0.717, 1.165) is 18.0 Å². The van der Waals surface area contributed by atoms with Crippen molar-refractivity contribution >= 4 is 0 Å². The number of rotatable bonds is 3. The zero-order valence-corrected chi connectivity index (χ0v) is 13.5. The SMILES string of the molecule is CCC[NH+]1CC[NH+]([C@H]2C[NH2+]Cc3cc4c(cc32)OCO4)CC1. The van der Waals surface area contributed by atoms with E-state index in [1.807, 2.05) is 0 Å². The van der Waals surface area contributed by atoms with E-state index < -0.39 is 0 Å². The first-order valence-corrected chi connectivity index (χ1v) is 8.77. The number of hydrogen-bond acceptors (Lipinski definition) is 2. The number of ether oxygens (including phenoxy) is 2. The summed E-state index contributed by atoms with van der Waals surface area (Å²) in [6.07, 6.45) is 1.30. The minimum atomic E-state index is 0.374. The lowest BCUT2D eigenvalue weighted by atomic mass is 9.94. The summed E-state index contributed by atoms with van der Waals surface area (Å²) < 4.78 is 11.1. The molecule has 5 heteroatoms. The van der Waals surface area contributed by atoms with E-state index in [0.29, 0.717) is 12.8 Å². The lowest BCUT2D eigenvalue weighted by Crippen LogP contribution is -3.29. The molecule has 1 atom stereocenters. The Bertz CT molecular complexity index is 541. The van der Waals surface area contributed by atoms with E-state index in [1.54, 1.807) is 9.80 Å². The molecule has 22 heavy (non-hydrogen) atoms. The van der Waals surface area contributed by atoms with Crippen LogP contribution in [0.3, 0.4) is 0 Å². The van der Waals surface area contributed by atoms with Crippen LogP contribution in [-0.4, -0.2) is 46.1 Å². The second-order valence-electron chi connectivity index (χ2n) is 6.84. The van der Waals surface area contributed by atoms with Crippen molar-refractivity contribution in [2.45, 2.75) is 25.9 Å². The van der Waals surface area contributed by atoms with Crippen molar-refractivity contribution in [1.29, 1.82) is 0 Å². The molecule has 5 nitrogen and oxygen atoms in total. The van der Waals surface area contributed by atoms with Crippen LogP contribution in [0.5, 0.6) is 11.5 Å². The molecule has 120 valence electrons. The van der Waals surface area contributed by atoms with Gasteiger partial charge >= 0.3 is 0 Å². The van der Waals surface area contributed by atoms with Crippen LogP contribution < -0.4 is 24.6 Å². The molecule has 1 fully saturated rings. The van der Waals surface area contributed by atoms with Gasteiger partial charge in [-0.3, -0.25) is 0 Å². The summed E-state index contributed by atoms with van der Waals surface area (Å²) in [5, 5.41) is 2.45. The monoisotopic (exact) mass is 306 g/mol. The molecule has 0 aliphatic carbocycles. The van der Waals surface area contributed by atoms with E-state index in [2.05, 4.69) is 24.4 Å². The number of piperazine rings is 1. The standard InChI is InChI=1S/C17H25N3O2/c1-2-3-19-4-6-20(7-5-19)15-11-18-10-13-8-16-17(9-14(13)15)22-12-21-16/h8-9,15,18H,2-7,10-12H2,1H3/p+3/t15-/m0/s1. The maximum atomic E-state index is 5.60. The van der Waals surface area contributed by atoms with Crippen LogP contribution in [0.15, 0.2) is 12.1 Å². The quantitative estimate of drug-likeness (QED) is 0.590. The summed E-state index contributed by atoms with van der Waals surface area (Å²) in [7, 11) is 0. The summed E-state index contributed by atoms with van der Waals surface area (Å²) >= 11 is 0. The van der Waals surface area contributed by atoms with Crippen LogP contribution in [-0.2, 0) is 6.54 Å². The Morgan fingerprint density at radius 3 is 2.68 bits per heavy atom. The van der Waals surface area contributed by atoms with E-state index in [9.17, 15) is 0 Å². The third-order valence-corrected chi connectivity index (χ3v) is 5.47. The zero-order valence-electron chi connectivity index (χ0n) is 13.5. The van der Waals surface area contributed by atoms with Crippen molar-refractivity contribution in [1.82, 2.24) is 0 Å². The Labute approximate surface area is 132 Å². The minimum Gasteiger partial charge on any atom is -0.454 e. The van der Waals surface area contributed by atoms with Crippen LogP contribution >= 0.6 is 0 Å². The van der Waals surface area contributed by atoms with Gasteiger partial charge in [0.1, 0.15) is 39.3 Å². The van der Waals surface area contributed by atoms with E-state index in [1.165, 1.54) is 56.8 Å². The highest BCUT2D eigenvalue weighted by Gasteiger charge is 2.36. The van der Waals surface area contributed by atoms with Crippen molar-refractivity contribution in [3.05, 3.63) is 23.3 Å². The summed E-state index contributed by atoms with van der Waals surface area (Å²) in [5.74, 6) is 1.88. The topological polar surface area (TPSA) is 44.0 Å². The fourth-order valence-electron chi connectivity index (χ4n) is 4.30. The molecule has 3 aliphatic heterocycles. The van der Waals surface area contributed by atoms with Crippen LogP contribution in [0.2, 0.25) is 0 Å². The molecule has 0 bridgehead atoms. The van der Waals surface area contributed by atoms with Gasteiger partial charge in [0, 0.05) is 11.1 Å². The lowest BCUT2D eigenvalue weighted by Gasteiger charge is -2.36. The summed E-state index contributed by atoms with van der Waals surface area (Å²) in [6.45, 7) is 11.5. The molecule has 0 radical (unpaired) electrons. The highest BCUT2D eigenvalue weighted by molar-refractivity contribution is 5.49. The summed E-state index contributed by atoms with van der Waals surface area (Å²) in [6, 6.07) is 5.08. The first kappa shape index (κ1) is 14.3. The first-order valence-electron chi connectivity index (χ1n) is 8.77. The molecule has 0 amide bonds. The van der Waals surface area contributed by atoms with Crippen molar-refractivity contribution in [2.24, 2.45) is 0 Å². The molecule has 3 aliphatic rings. The number of nitrogens with two attached hydrogens (primary N) is 1. The van der Waals surface area contributed by atoms with Crippen molar-refractivity contribution in [2.75, 3.05) is 46.1 Å². The summed E-state index contributed by atoms with van der Waals surface area (Å²) in [4.78, 5) is 3.55. The fraction of sp³-hybridized carbons (Fsp3) is 0.647. The molecule has 1 aromatic rings. The molecular weight excluding hydrogens is 278 g/mol. The third kappa shape index (κ3) is 2.57. The highest BCUT2D eigenvalue weighted by atomic mass is 16.7.